The maximum atomic E-state index is 13.2. The molecule has 2 aromatic rings. The summed E-state index contributed by atoms with van der Waals surface area (Å²) in [5.74, 6) is -6.16. The average Bonchev–Trinajstić information content (AvgIpc) is 3.84. The fraction of sp³-hybridized carbons (Fsp3) is 0.471. The van der Waals surface area contributed by atoms with Crippen LogP contribution in [0.5, 0.6) is 0 Å². The van der Waals surface area contributed by atoms with Gasteiger partial charge in [-0.2, -0.15) is 31.6 Å². The molecule has 18 heteroatoms. The molecule has 0 aliphatic carbocycles. The van der Waals surface area contributed by atoms with E-state index in [9.17, 15) is 55.7 Å². The SMILES string of the molecule is CC12C[C@@H](O)C(O1)[C@H]1C(=O)N(c3ccc(C#N)c(C(F)(F)F)c3)C(=O)[C@H]12.[C-]#[N+]c1ccc(N2C(=O)[C@H]3C4OC(C)(C[C@@H]4O)[C@H]3C2=O)cc1C(F)(F)F. The van der Waals surface area contributed by atoms with Crippen molar-refractivity contribution in [2.24, 2.45) is 23.7 Å². The van der Waals surface area contributed by atoms with Gasteiger partial charge in [0.15, 0.2) is 5.69 Å². The number of fused-ring (bicyclic) bond motifs is 10. The first kappa shape index (κ1) is 35.5. The number of anilines is 2. The Labute approximate surface area is 289 Å². The normalized spacial score (nSPS) is 35.8. The van der Waals surface area contributed by atoms with Crippen LogP contribution in [0.3, 0.4) is 0 Å². The van der Waals surface area contributed by atoms with Crippen LogP contribution in [0.4, 0.5) is 43.4 Å². The number of aliphatic hydroxyl groups is 2. The molecule has 0 spiro atoms. The second-order valence-corrected chi connectivity index (χ2v) is 14.0. The Kier molecular flexibility index (Phi) is 7.72. The van der Waals surface area contributed by atoms with Gasteiger partial charge in [0, 0.05) is 18.5 Å². The number of hydrogen-bond acceptors (Lipinski definition) is 9. The quantitative estimate of drug-likeness (QED) is 0.265. The molecule has 10 atom stereocenters. The lowest BCUT2D eigenvalue weighted by Gasteiger charge is -2.27. The number of halogens is 6. The number of benzene rings is 2. The van der Waals surface area contributed by atoms with Crippen LogP contribution < -0.4 is 9.80 Å². The molecule has 272 valence electrons. The summed E-state index contributed by atoms with van der Waals surface area (Å²) in [5.41, 5.74) is -6.11. The van der Waals surface area contributed by atoms with Crippen LogP contribution in [-0.2, 0) is 41.0 Å². The predicted octanol–water partition coefficient (Wildman–Crippen LogP) is 3.89. The van der Waals surface area contributed by atoms with Crippen LogP contribution in [0.15, 0.2) is 36.4 Å². The van der Waals surface area contributed by atoms with Crippen molar-refractivity contribution in [2.45, 2.75) is 74.7 Å². The minimum atomic E-state index is -4.80. The molecule has 6 aliphatic heterocycles. The van der Waals surface area contributed by atoms with Gasteiger partial charge in [0.05, 0.1) is 94.3 Å². The second-order valence-electron chi connectivity index (χ2n) is 14.0. The smallest absolute Gasteiger partial charge is 0.390 e. The van der Waals surface area contributed by atoms with Crippen molar-refractivity contribution in [3.8, 4) is 6.07 Å². The third-order valence-electron chi connectivity index (χ3n) is 10.9. The highest BCUT2D eigenvalue weighted by Gasteiger charge is 2.72. The summed E-state index contributed by atoms with van der Waals surface area (Å²) in [5, 5.41) is 28.9. The van der Waals surface area contributed by atoms with Crippen molar-refractivity contribution in [2.75, 3.05) is 9.80 Å². The van der Waals surface area contributed by atoms with Crippen LogP contribution in [0, 0.1) is 41.6 Å². The van der Waals surface area contributed by atoms with E-state index in [1.165, 1.54) is 6.07 Å². The minimum absolute atomic E-state index is 0.187. The molecule has 0 saturated carbocycles. The summed E-state index contributed by atoms with van der Waals surface area (Å²) in [4.78, 5) is 55.4. The average molecular weight is 733 g/mol. The molecule has 0 aromatic heterocycles. The van der Waals surface area contributed by atoms with Gasteiger partial charge in [-0.25, -0.2) is 14.6 Å². The van der Waals surface area contributed by atoms with Crippen LogP contribution in [0.25, 0.3) is 4.85 Å². The van der Waals surface area contributed by atoms with Gasteiger partial charge in [-0.3, -0.25) is 19.2 Å². The maximum Gasteiger partial charge on any atom is 0.417 e. The molecule has 2 aromatic carbocycles. The summed E-state index contributed by atoms with van der Waals surface area (Å²) >= 11 is 0. The Hall–Kier alpha value is -4.88. The van der Waals surface area contributed by atoms with E-state index in [-0.39, 0.29) is 24.2 Å². The lowest BCUT2D eigenvalue weighted by atomic mass is 9.73. The van der Waals surface area contributed by atoms with E-state index in [0.29, 0.717) is 12.1 Å². The third-order valence-corrected chi connectivity index (χ3v) is 10.9. The van der Waals surface area contributed by atoms with E-state index in [0.717, 1.165) is 34.1 Å². The van der Waals surface area contributed by atoms with Crippen LogP contribution in [-0.4, -0.2) is 69.5 Å². The predicted molar refractivity (Wildman–Crippen MR) is 161 cm³/mol. The molecule has 4 amide bonds. The molecule has 6 aliphatic rings. The summed E-state index contributed by atoms with van der Waals surface area (Å²) in [7, 11) is 0. The largest absolute Gasteiger partial charge is 0.417 e. The van der Waals surface area contributed by atoms with Gasteiger partial charge in [0.2, 0.25) is 23.6 Å². The lowest BCUT2D eigenvalue weighted by Crippen LogP contribution is -2.42. The number of nitrogens with zero attached hydrogens (tertiary/aromatic N) is 4. The summed E-state index contributed by atoms with van der Waals surface area (Å²) in [6.45, 7) is 10.1. The van der Waals surface area contributed by atoms with E-state index in [2.05, 4.69) is 4.85 Å². The van der Waals surface area contributed by atoms with Crippen LogP contribution in [0.2, 0.25) is 0 Å². The first-order valence-electron chi connectivity index (χ1n) is 15.8. The van der Waals surface area contributed by atoms with E-state index >= 15 is 0 Å². The molecule has 8 rings (SSSR count). The number of ether oxygens (including phenoxy) is 2. The van der Waals surface area contributed by atoms with Crippen molar-refractivity contribution < 1.29 is 65.2 Å². The summed E-state index contributed by atoms with van der Waals surface area (Å²) < 4.78 is 90.4. The Morgan fingerprint density at radius 3 is 1.60 bits per heavy atom. The molecule has 6 saturated heterocycles. The van der Waals surface area contributed by atoms with Gasteiger partial charge < -0.3 is 19.7 Å². The molecule has 6 heterocycles. The van der Waals surface area contributed by atoms with Crippen molar-refractivity contribution in [1.29, 1.82) is 5.26 Å². The Bertz CT molecular complexity index is 1900. The van der Waals surface area contributed by atoms with Gasteiger partial charge in [0.25, 0.3) is 0 Å². The van der Waals surface area contributed by atoms with Crippen LogP contribution in [0.1, 0.15) is 43.4 Å². The number of aliphatic hydroxyl groups excluding tert-OH is 2. The number of carbonyl (C=O) groups is 4. The highest BCUT2D eigenvalue weighted by Crippen LogP contribution is 2.57. The second kappa shape index (κ2) is 11.3. The molecule has 12 nitrogen and oxygen atoms in total. The van der Waals surface area contributed by atoms with Crippen molar-refractivity contribution in [3.63, 3.8) is 0 Å². The van der Waals surface area contributed by atoms with Gasteiger partial charge >= 0.3 is 12.4 Å². The summed E-state index contributed by atoms with van der Waals surface area (Å²) in [6.07, 6.45) is -12.7. The molecule has 4 bridgehead atoms. The van der Waals surface area contributed by atoms with E-state index < -0.39 is 118 Å². The van der Waals surface area contributed by atoms with Crippen molar-refractivity contribution in [1.82, 2.24) is 0 Å². The first-order chi connectivity index (χ1) is 24.2. The molecular weight excluding hydrogens is 706 g/mol. The third kappa shape index (κ3) is 4.96. The highest BCUT2D eigenvalue weighted by molar-refractivity contribution is 6.24. The number of nitriles is 1. The molecule has 6 fully saturated rings. The monoisotopic (exact) mass is 732 g/mol. The molecule has 52 heavy (non-hydrogen) atoms. The Morgan fingerprint density at radius 2 is 1.19 bits per heavy atom. The van der Waals surface area contributed by atoms with Gasteiger partial charge in [0.1, 0.15) is 0 Å². The summed E-state index contributed by atoms with van der Waals surface area (Å²) in [6, 6.07) is 6.92. The van der Waals surface area contributed by atoms with Crippen molar-refractivity contribution >= 4 is 40.7 Å². The van der Waals surface area contributed by atoms with E-state index in [4.69, 9.17) is 21.3 Å². The maximum absolute atomic E-state index is 13.2. The van der Waals surface area contributed by atoms with Gasteiger partial charge in [-0.05, 0) is 44.2 Å². The number of hydrogen-bond donors (Lipinski definition) is 2. The zero-order chi connectivity index (χ0) is 38.0. The van der Waals surface area contributed by atoms with E-state index in [1.54, 1.807) is 13.8 Å². The number of alkyl halides is 6. The van der Waals surface area contributed by atoms with Crippen molar-refractivity contribution in [3.05, 3.63) is 64.5 Å². The Morgan fingerprint density at radius 1 is 0.769 bits per heavy atom. The topological polar surface area (TPSA) is 162 Å². The molecule has 0 radical (unpaired) electrons. The van der Waals surface area contributed by atoms with Gasteiger partial charge in [-0.1, -0.05) is 6.07 Å². The minimum Gasteiger partial charge on any atom is -0.390 e. The van der Waals surface area contributed by atoms with E-state index in [1.807, 2.05) is 0 Å². The Balaban J connectivity index is 0.000000162. The molecule has 4 unspecified atom stereocenters. The zero-order valence-corrected chi connectivity index (χ0v) is 26.9. The zero-order valence-electron chi connectivity index (χ0n) is 26.9. The fourth-order valence-corrected chi connectivity index (χ4v) is 8.79. The lowest BCUT2D eigenvalue weighted by molar-refractivity contribution is -0.138. The highest BCUT2D eigenvalue weighted by atomic mass is 19.4. The van der Waals surface area contributed by atoms with Crippen LogP contribution >= 0.6 is 0 Å². The molecule has 2 N–H and O–H groups in total. The number of amides is 4. The van der Waals surface area contributed by atoms with Gasteiger partial charge in [-0.15, -0.1) is 0 Å². The molecular formula is C34H26F6N4O8. The number of rotatable bonds is 2. The standard InChI is InChI=1S/2C17H13F3N2O4/c1-16-6-10(23)13(26-16)11-12(16)15(25)22(14(11)24)7-3-4-9(21-2)8(5-7)17(18,19)20;1-16-5-10(23)13(26-16)11-12(16)15(25)22(14(11)24)8-3-2-7(6-21)9(4-8)17(18,19)20/h3-5,10-13,23H,6H2,1H3;2-4,10-13,23H,5H2,1H3/t2*10-,11+,12+,13?,16?/m01/s1. The fourth-order valence-electron chi connectivity index (χ4n) is 8.79. The number of imide groups is 2. The first-order valence-corrected chi connectivity index (χ1v) is 15.8. The number of carbonyl (C=O) groups excluding carboxylic acids is 4.